The average molecular weight is 434 g/mol. The lowest BCUT2D eigenvalue weighted by molar-refractivity contribution is -0.127. The molecule has 1 fully saturated rings. The molecule has 1 amide bonds. The number of hydrogen-bond donors (Lipinski definition) is 1. The molecule has 3 heterocycles. The lowest BCUT2D eigenvalue weighted by Gasteiger charge is -2.32. The van der Waals surface area contributed by atoms with Crippen LogP contribution in [0.3, 0.4) is 0 Å². The van der Waals surface area contributed by atoms with E-state index in [0.29, 0.717) is 18.0 Å². The third kappa shape index (κ3) is 4.23. The second-order valence-corrected chi connectivity index (χ2v) is 8.19. The zero-order valence-corrected chi connectivity index (χ0v) is 18.9. The summed E-state index contributed by atoms with van der Waals surface area (Å²) in [7, 11) is 0. The zero-order chi connectivity index (χ0) is 22.7. The van der Waals surface area contributed by atoms with Crippen LogP contribution in [0.2, 0.25) is 0 Å². The van der Waals surface area contributed by atoms with Gasteiger partial charge in [-0.15, -0.1) is 0 Å². The number of anilines is 1. The number of amides is 1. The Hall–Kier alpha value is -3.26. The van der Waals surface area contributed by atoms with Gasteiger partial charge in [0.2, 0.25) is 5.91 Å². The number of rotatable bonds is 7. The lowest BCUT2D eigenvalue weighted by atomic mass is 10.1. The van der Waals surface area contributed by atoms with Crippen molar-refractivity contribution in [1.82, 2.24) is 29.5 Å². The van der Waals surface area contributed by atoms with Gasteiger partial charge < -0.3 is 10.6 Å². The van der Waals surface area contributed by atoms with Crippen LogP contribution in [0.1, 0.15) is 38.3 Å². The van der Waals surface area contributed by atoms with Crippen molar-refractivity contribution in [3.63, 3.8) is 0 Å². The molecule has 2 N–H and O–H groups in total. The van der Waals surface area contributed by atoms with Gasteiger partial charge in [0.05, 0.1) is 11.4 Å². The number of nitrogens with two attached hydrogens (primary N) is 1. The predicted molar refractivity (Wildman–Crippen MR) is 127 cm³/mol. The number of aromatic nitrogens is 4. The first-order valence-electron chi connectivity index (χ1n) is 11.3. The molecule has 1 unspecified atom stereocenters. The largest absolute Gasteiger partial charge is 0.383 e. The molecular weight excluding hydrogens is 402 g/mol. The highest BCUT2D eigenvalue weighted by Gasteiger charge is 2.28. The third-order valence-electron chi connectivity index (χ3n) is 6.27. The van der Waals surface area contributed by atoms with Gasteiger partial charge in [-0.05, 0) is 37.6 Å². The SMILES string of the molecule is C=CC(=O)N1CCCC(n2nc(-c3ccc(CN(CC)CC)cc3)c3c(N)ncnc32)C1. The highest BCUT2D eigenvalue weighted by Crippen LogP contribution is 2.33. The molecule has 1 aliphatic rings. The van der Waals surface area contributed by atoms with Gasteiger partial charge in [-0.1, -0.05) is 44.7 Å². The number of hydrogen-bond acceptors (Lipinski definition) is 6. The van der Waals surface area contributed by atoms with Gasteiger partial charge in [-0.25, -0.2) is 14.6 Å². The number of carbonyl (C=O) groups excluding carboxylic acids is 1. The van der Waals surface area contributed by atoms with Crippen LogP contribution in [0, 0.1) is 0 Å². The van der Waals surface area contributed by atoms with Crippen LogP contribution in [0.25, 0.3) is 22.3 Å². The van der Waals surface area contributed by atoms with Crippen molar-refractivity contribution in [2.45, 2.75) is 39.3 Å². The van der Waals surface area contributed by atoms with Crippen molar-refractivity contribution in [2.24, 2.45) is 0 Å². The number of fused-ring (bicyclic) bond motifs is 1. The Morgan fingerprint density at radius 3 is 2.69 bits per heavy atom. The Kier molecular flexibility index (Phi) is 6.50. The molecular formula is C24H31N7O. The minimum Gasteiger partial charge on any atom is -0.383 e. The van der Waals surface area contributed by atoms with E-state index in [-0.39, 0.29) is 11.9 Å². The van der Waals surface area contributed by atoms with Crippen LogP contribution in [0.5, 0.6) is 0 Å². The number of nitrogens with zero attached hydrogens (tertiary/aromatic N) is 6. The maximum Gasteiger partial charge on any atom is 0.246 e. The minimum absolute atomic E-state index is 0.0279. The van der Waals surface area contributed by atoms with E-state index >= 15 is 0 Å². The van der Waals surface area contributed by atoms with Crippen LogP contribution < -0.4 is 5.73 Å². The van der Waals surface area contributed by atoms with Crippen LogP contribution in [-0.2, 0) is 11.3 Å². The van der Waals surface area contributed by atoms with Gasteiger partial charge in [0, 0.05) is 25.2 Å². The van der Waals surface area contributed by atoms with Crippen LogP contribution >= 0.6 is 0 Å². The minimum atomic E-state index is -0.0516. The molecule has 0 saturated carbocycles. The third-order valence-corrected chi connectivity index (χ3v) is 6.27. The van der Waals surface area contributed by atoms with Gasteiger partial charge in [-0.3, -0.25) is 9.69 Å². The van der Waals surface area contributed by atoms with Gasteiger partial charge in [-0.2, -0.15) is 5.10 Å². The number of piperidine rings is 1. The van der Waals surface area contributed by atoms with Crippen LogP contribution in [-0.4, -0.2) is 61.6 Å². The summed E-state index contributed by atoms with van der Waals surface area (Å²) in [6, 6.07) is 8.49. The molecule has 2 aromatic heterocycles. The van der Waals surface area contributed by atoms with Crippen molar-refractivity contribution in [1.29, 1.82) is 0 Å². The van der Waals surface area contributed by atoms with Crippen molar-refractivity contribution >= 4 is 22.8 Å². The van der Waals surface area contributed by atoms with Gasteiger partial charge >= 0.3 is 0 Å². The molecule has 32 heavy (non-hydrogen) atoms. The quantitative estimate of drug-likeness (QED) is 0.575. The fourth-order valence-electron chi connectivity index (χ4n) is 4.41. The van der Waals surface area contributed by atoms with E-state index in [4.69, 9.17) is 10.8 Å². The summed E-state index contributed by atoms with van der Waals surface area (Å²) in [5.74, 6) is 0.364. The summed E-state index contributed by atoms with van der Waals surface area (Å²) in [6.45, 7) is 12.2. The molecule has 0 spiro atoms. The van der Waals surface area contributed by atoms with E-state index < -0.39 is 0 Å². The maximum atomic E-state index is 12.2. The van der Waals surface area contributed by atoms with E-state index in [1.165, 1.54) is 18.0 Å². The Labute approximate surface area is 188 Å². The topological polar surface area (TPSA) is 93.2 Å². The summed E-state index contributed by atoms with van der Waals surface area (Å²) < 4.78 is 1.93. The van der Waals surface area contributed by atoms with Gasteiger partial charge in [0.1, 0.15) is 17.8 Å². The fraction of sp³-hybridized carbons (Fsp3) is 0.417. The summed E-state index contributed by atoms with van der Waals surface area (Å²) in [4.78, 5) is 25.1. The Balaban J connectivity index is 1.70. The highest BCUT2D eigenvalue weighted by atomic mass is 16.2. The number of likely N-dealkylation sites (tertiary alicyclic amines) is 1. The van der Waals surface area contributed by atoms with Crippen molar-refractivity contribution in [2.75, 3.05) is 31.9 Å². The summed E-state index contributed by atoms with van der Waals surface area (Å²) >= 11 is 0. The van der Waals surface area contributed by atoms with E-state index in [0.717, 1.165) is 55.7 Å². The predicted octanol–water partition coefficient (Wildman–Crippen LogP) is 3.27. The number of carbonyl (C=O) groups is 1. The molecule has 1 aromatic carbocycles. The van der Waals surface area contributed by atoms with Crippen molar-refractivity contribution < 1.29 is 4.79 Å². The smallest absolute Gasteiger partial charge is 0.246 e. The Morgan fingerprint density at radius 2 is 2.00 bits per heavy atom. The van der Waals surface area contributed by atoms with Crippen LogP contribution in [0.15, 0.2) is 43.2 Å². The second kappa shape index (κ2) is 9.48. The molecule has 0 radical (unpaired) electrons. The lowest BCUT2D eigenvalue weighted by Crippen LogP contribution is -2.40. The number of nitrogen functional groups attached to an aromatic ring is 1. The fourth-order valence-corrected chi connectivity index (χ4v) is 4.41. The van der Waals surface area contributed by atoms with Crippen molar-refractivity contribution in [3.8, 4) is 11.3 Å². The monoisotopic (exact) mass is 433 g/mol. The Morgan fingerprint density at radius 1 is 1.25 bits per heavy atom. The van der Waals surface area contributed by atoms with E-state index in [1.54, 1.807) is 0 Å². The molecule has 0 aliphatic carbocycles. The molecule has 8 heteroatoms. The van der Waals surface area contributed by atoms with Gasteiger partial charge in [0.15, 0.2) is 5.65 Å². The normalized spacial score (nSPS) is 16.6. The first-order valence-corrected chi connectivity index (χ1v) is 11.3. The molecule has 0 bridgehead atoms. The van der Waals surface area contributed by atoms with E-state index in [9.17, 15) is 4.79 Å². The summed E-state index contributed by atoms with van der Waals surface area (Å²) in [6.07, 6.45) is 4.67. The van der Waals surface area contributed by atoms with E-state index in [2.05, 4.69) is 59.6 Å². The molecule has 4 rings (SSSR count). The zero-order valence-electron chi connectivity index (χ0n) is 18.9. The molecule has 3 aromatic rings. The second-order valence-electron chi connectivity index (χ2n) is 8.19. The van der Waals surface area contributed by atoms with Crippen molar-refractivity contribution in [3.05, 3.63) is 48.8 Å². The van der Waals surface area contributed by atoms with E-state index in [1.807, 2.05) is 9.58 Å². The molecule has 1 aliphatic heterocycles. The van der Waals surface area contributed by atoms with Gasteiger partial charge in [0.25, 0.3) is 0 Å². The standard InChI is InChI=1S/C24H31N7O/c1-4-20(32)30-13-7-8-19(15-30)31-24-21(23(25)26-16-27-24)22(28-31)18-11-9-17(10-12-18)14-29(5-2)6-3/h4,9-12,16,19H,1,5-8,13-15H2,2-3H3,(H2,25,26,27). The first-order chi connectivity index (χ1) is 15.5. The molecule has 8 nitrogen and oxygen atoms in total. The maximum absolute atomic E-state index is 12.2. The molecule has 1 atom stereocenters. The molecule has 168 valence electrons. The highest BCUT2D eigenvalue weighted by molar-refractivity contribution is 5.98. The Bertz CT molecular complexity index is 1100. The van der Waals surface area contributed by atoms with Crippen LogP contribution in [0.4, 0.5) is 5.82 Å². The summed E-state index contributed by atoms with van der Waals surface area (Å²) in [5, 5.41) is 5.71. The molecule has 1 saturated heterocycles. The first kappa shape index (κ1) is 22.0. The average Bonchev–Trinajstić information content (AvgIpc) is 3.23. The number of benzene rings is 1. The summed E-state index contributed by atoms with van der Waals surface area (Å²) in [5.41, 5.74) is 10.0.